The van der Waals surface area contributed by atoms with Crippen LogP contribution in [0.25, 0.3) is 6.08 Å². The lowest BCUT2D eigenvalue weighted by molar-refractivity contribution is 0.0450. The molecule has 0 unspecified atom stereocenters. The molecule has 0 aliphatic carbocycles. The van der Waals surface area contributed by atoms with Gasteiger partial charge in [0.2, 0.25) is 0 Å². The zero-order valence-electron chi connectivity index (χ0n) is 13.9. The number of hydrogen-bond acceptors (Lipinski definition) is 5. The van der Waals surface area contributed by atoms with Gasteiger partial charge < -0.3 is 24.8 Å². The molecule has 2 atom stereocenters. The summed E-state index contributed by atoms with van der Waals surface area (Å²) in [6, 6.07) is 9.67. The maximum Gasteiger partial charge on any atom is 0.161 e. The Hall–Kier alpha value is -2.66. The highest BCUT2D eigenvalue weighted by atomic mass is 16.5. The van der Waals surface area contributed by atoms with Gasteiger partial charge in [0.05, 0.1) is 7.11 Å². The van der Waals surface area contributed by atoms with Gasteiger partial charge >= 0.3 is 0 Å². The SMILES string of the molecule is C/C=C/c1ccc(O[C@H](C)[C@H](O)c2ccc(O)c(OC)c2)c(O)c1. The number of benzene rings is 2. The number of aliphatic hydroxyl groups is 1. The Balaban J connectivity index is 2.15. The van der Waals surface area contributed by atoms with Crippen molar-refractivity contribution in [3.8, 4) is 23.0 Å². The zero-order chi connectivity index (χ0) is 17.7. The second-order valence-electron chi connectivity index (χ2n) is 5.43. The van der Waals surface area contributed by atoms with E-state index in [0.717, 1.165) is 5.56 Å². The first-order chi connectivity index (χ1) is 11.5. The van der Waals surface area contributed by atoms with E-state index >= 15 is 0 Å². The van der Waals surface area contributed by atoms with Crippen molar-refractivity contribution < 1.29 is 24.8 Å². The van der Waals surface area contributed by atoms with E-state index in [9.17, 15) is 15.3 Å². The van der Waals surface area contributed by atoms with Gasteiger partial charge in [-0.3, -0.25) is 0 Å². The van der Waals surface area contributed by atoms with Crippen molar-refractivity contribution in [2.24, 2.45) is 0 Å². The van der Waals surface area contributed by atoms with E-state index in [2.05, 4.69) is 0 Å². The number of rotatable bonds is 6. The number of phenolic OH excluding ortho intramolecular Hbond substituents is 2. The summed E-state index contributed by atoms with van der Waals surface area (Å²) in [7, 11) is 1.44. The van der Waals surface area contributed by atoms with Crippen LogP contribution in [-0.2, 0) is 0 Å². The van der Waals surface area contributed by atoms with Crippen LogP contribution in [0.1, 0.15) is 31.1 Å². The van der Waals surface area contributed by atoms with Crippen LogP contribution in [0.15, 0.2) is 42.5 Å². The second-order valence-corrected chi connectivity index (χ2v) is 5.43. The van der Waals surface area contributed by atoms with Gasteiger partial charge in [-0.1, -0.05) is 24.3 Å². The smallest absolute Gasteiger partial charge is 0.161 e. The molecule has 0 radical (unpaired) electrons. The Morgan fingerprint density at radius 2 is 1.75 bits per heavy atom. The third kappa shape index (κ3) is 4.00. The molecular weight excluding hydrogens is 308 g/mol. The third-order valence-electron chi connectivity index (χ3n) is 3.64. The topological polar surface area (TPSA) is 79.2 Å². The quantitative estimate of drug-likeness (QED) is 0.753. The van der Waals surface area contributed by atoms with Crippen LogP contribution in [0.5, 0.6) is 23.0 Å². The van der Waals surface area contributed by atoms with Gasteiger partial charge in [-0.25, -0.2) is 0 Å². The Morgan fingerprint density at radius 3 is 2.38 bits per heavy atom. The molecule has 3 N–H and O–H groups in total. The molecule has 0 aliphatic rings. The molecule has 0 saturated heterocycles. The fourth-order valence-corrected chi connectivity index (χ4v) is 2.34. The van der Waals surface area contributed by atoms with Gasteiger partial charge in [-0.2, -0.15) is 0 Å². The number of methoxy groups -OCH3 is 1. The summed E-state index contributed by atoms with van der Waals surface area (Å²) in [4.78, 5) is 0. The largest absolute Gasteiger partial charge is 0.504 e. The number of hydrogen-bond donors (Lipinski definition) is 3. The third-order valence-corrected chi connectivity index (χ3v) is 3.64. The van der Waals surface area contributed by atoms with Crippen molar-refractivity contribution in [2.45, 2.75) is 26.1 Å². The van der Waals surface area contributed by atoms with E-state index < -0.39 is 12.2 Å². The van der Waals surface area contributed by atoms with Crippen LogP contribution >= 0.6 is 0 Å². The molecule has 0 aliphatic heterocycles. The van der Waals surface area contributed by atoms with Crippen molar-refractivity contribution in [1.29, 1.82) is 0 Å². The highest BCUT2D eigenvalue weighted by molar-refractivity contribution is 5.55. The average molecular weight is 330 g/mol. The van der Waals surface area contributed by atoms with Crippen molar-refractivity contribution in [2.75, 3.05) is 7.11 Å². The number of aromatic hydroxyl groups is 2. The summed E-state index contributed by atoms with van der Waals surface area (Å²) < 4.78 is 10.7. The molecular formula is C19H22O5. The molecule has 5 heteroatoms. The summed E-state index contributed by atoms with van der Waals surface area (Å²) in [5.41, 5.74) is 1.40. The number of ether oxygens (including phenoxy) is 2. The molecule has 0 fully saturated rings. The van der Waals surface area contributed by atoms with Gasteiger partial charge in [0, 0.05) is 0 Å². The zero-order valence-corrected chi connectivity index (χ0v) is 13.9. The van der Waals surface area contributed by atoms with Gasteiger partial charge in [0.25, 0.3) is 0 Å². The fraction of sp³-hybridized carbons (Fsp3) is 0.263. The predicted molar refractivity (Wildman–Crippen MR) is 92.5 cm³/mol. The molecule has 2 rings (SSSR count). The molecule has 24 heavy (non-hydrogen) atoms. The summed E-state index contributed by atoms with van der Waals surface area (Å²) in [5, 5.41) is 30.1. The lowest BCUT2D eigenvalue weighted by atomic mass is 10.0. The fourth-order valence-electron chi connectivity index (χ4n) is 2.34. The monoisotopic (exact) mass is 330 g/mol. The van der Waals surface area contributed by atoms with Crippen molar-refractivity contribution in [3.05, 3.63) is 53.6 Å². The van der Waals surface area contributed by atoms with E-state index in [1.165, 1.54) is 13.2 Å². The molecule has 0 aromatic heterocycles. The molecule has 0 heterocycles. The van der Waals surface area contributed by atoms with Crippen LogP contribution in [0.2, 0.25) is 0 Å². The minimum absolute atomic E-state index is 0.000710. The van der Waals surface area contributed by atoms with Crippen LogP contribution < -0.4 is 9.47 Å². The predicted octanol–water partition coefficient (Wildman–Crippen LogP) is 3.64. The average Bonchev–Trinajstić information content (AvgIpc) is 2.57. The van der Waals surface area contributed by atoms with Crippen LogP contribution in [-0.4, -0.2) is 28.5 Å². The Labute approximate surface area is 141 Å². The minimum Gasteiger partial charge on any atom is -0.504 e. The molecule has 128 valence electrons. The Morgan fingerprint density at radius 1 is 1.00 bits per heavy atom. The van der Waals surface area contributed by atoms with Crippen LogP contribution in [0.4, 0.5) is 0 Å². The first-order valence-electron chi connectivity index (χ1n) is 7.63. The highest BCUT2D eigenvalue weighted by Gasteiger charge is 2.20. The lowest BCUT2D eigenvalue weighted by Crippen LogP contribution is -2.21. The second kappa shape index (κ2) is 7.75. The summed E-state index contributed by atoms with van der Waals surface area (Å²) >= 11 is 0. The van der Waals surface area contributed by atoms with Crippen LogP contribution in [0, 0.1) is 0 Å². The number of aliphatic hydroxyl groups excluding tert-OH is 1. The number of allylic oxidation sites excluding steroid dienone is 1. The first-order valence-corrected chi connectivity index (χ1v) is 7.63. The molecule has 2 aromatic rings. The standard InChI is InChI=1S/C19H22O5/c1-4-5-13-6-9-17(16(21)10-13)24-12(2)19(22)14-7-8-15(20)18(11-14)23-3/h4-12,19-22H,1-3H3/b5-4+/t12-,19+/m1/s1. The molecule has 0 bridgehead atoms. The van der Waals surface area contributed by atoms with Crippen molar-refractivity contribution >= 4 is 6.08 Å². The lowest BCUT2D eigenvalue weighted by Gasteiger charge is -2.22. The molecule has 0 amide bonds. The Kier molecular flexibility index (Phi) is 5.71. The van der Waals surface area contributed by atoms with Gasteiger partial charge in [0.1, 0.15) is 12.2 Å². The maximum atomic E-state index is 10.4. The normalized spacial score (nSPS) is 13.7. The molecule has 2 aromatic carbocycles. The Bertz CT molecular complexity index is 724. The molecule has 5 nitrogen and oxygen atoms in total. The summed E-state index contributed by atoms with van der Waals surface area (Å²) in [5.74, 6) is 0.574. The molecule has 0 spiro atoms. The number of phenols is 2. The van der Waals surface area contributed by atoms with Gasteiger partial charge in [-0.05, 0) is 49.2 Å². The van der Waals surface area contributed by atoms with E-state index in [0.29, 0.717) is 11.3 Å². The maximum absolute atomic E-state index is 10.4. The molecule has 0 saturated carbocycles. The van der Waals surface area contributed by atoms with Crippen molar-refractivity contribution in [3.63, 3.8) is 0 Å². The highest BCUT2D eigenvalue weighted by Crippen LogP contribution is 2.33. The van der Waals surface area contributed by atoms with E-state index in [4.69, 9.17) is 9.47 Å². The first kappa shape index (κ1) is 17.7. The van der Waals surface area contributed by atoms with Gasteiger partial charge in [0.15, 0.2) is 23.0 Å². The minimum atomic E-state index is -0.950. The van der Waals surface area contributed by atoms with Gasteiger partial charge in [-0.15, -0.1) is 0 Å². The summed E-state index contributed by atoms with van der Waals surface area (Å²) in [6.07, 6.45) is 2.18. The van der Waals surface area contributed by atoms with E-state index in [1.54, 1.807) is 31.2 Å². The van der Waals surface area contributed by atoms with Crippen molar-refractivity contribution in [1.82, 2.24) is 0 Å². The van der Waals surface area contributed by atoms with E-state index in [1.807, 2.05) is 25.1 Å². The van der Waals surface area contributed by atoms with E-state index in [-0.39, 0.29) is 17.2 Å². The summed E-state index contributed by atoms with van der Waals surface area (Å²) in [6.45, 7) is 3.59. The van der Waals surface area contributed by atoms with Crippen LogP contribution in [0.3, 0.4) is 0 Å².